The zero-order valence-corrected chi connectivity index (χ0v) is 17.0. The summed E-state index contributed by atoms with van der Waals surface area (Å²) in [6, 6.07) is 11.5. The van der Waals surface area contributed by atoms with Gasteiger partial charge in [0.25, 0.3) is 5.91 Å². The van der Waals surface area contributed by atoms with Crippen LogP contribution in [0.3, 0.4) is 0 Å². The molecule has 0 bridgehead atoms. The molecule has 5 aromatic rings. The average Bonchev–Trinajstić information content (AvgIpc) is 3.42. The minimum absolute atomic E-state index is 0.237. The SMILES string of the molecule is Cc1cc(-c2ccc(C(N)=O)nc2)c2cccc(-n3cnc(-c4cnn(C)c4)c3)c2n1. The van der Waals surface area contributed by atoms with Gasteiger partial charge in [0.15, 0.2) is 0 Å². The summed E-state index contributed by atoms with van der Waals surface area (Å²) in [7, 11) is 1.88. The van der Waals surface area contributed by atoms with Gasteiger partial charge in [-0.3, -0.25) is 19.4 Å². The lowest BCUT2D eigenvalue weighted by Crippen LogP contribution is -2.12. The molecule has 0 unspecified atom stereocenters. The molecule has 0 aliphatic rings. The summed E-state index contributed by atoms with van der Waals surface area (Å²) in [6.45, 7) is 1.96. The number of pyridine rings is 2. The van der Waals surface area contributed by atoms with Crippen LogP contribution in [-0.2, 0) is 7.05 Å². The number of fused-ring (bicyclic) bond motifs is 1. The fourth-order valence-electron chi connectivity index (χ4n) is 3.66. The van der Waals surface area contributed by atoms with Crippen LogP contribution in [0.1, 0.15) is 16.2 Å². The van der Waals surface area contributed by atoms with Crippen molar-refractivity contribution < 1.29 is 4.79 Å². The number of amides is 1. The number of nitrogens with zero attached hydrogens (tertiary/aromatic N) is 6. The first-order valence-electron chi connectivity index (χ1n) is 9.69. The van der Waals surface area contributed by atoms with Crippen LogP contribution in [0.2, 0.25) is 0 Å². The normalized spacial score (nSPS) is 11.2. The Morgan fingerprint density at radius 3 is 2.61 bits per heavy atom. The fourth-order valence-corrected chi connectivity index (χ4v) is 3.66. The zero-order chi connectivity index (χ0) is 21.5. The van der Waals surface area contributed by atoms with Crippen LogP contribution in [-0.4, -0.2) is 35.2 Å². The van der Waals surface area contributed by atoms with Gasteiger partial charge < -0.3 is 10.3 Å². The van der Waals surface area contributed by atoms with Crippen molar-refractivity contribution in [1.82, 2.24) is 29.3 Å². The van der Waals surface area contributed by atoms with Crippen LogP contribution in [0.5, 0.6) is 0 Å². The number of aryl methyl sites for hydroxylation is 2. The number of primary amides is 1. The molecule has 8 heteroatoms. The van der Waals surface area contributed by atoms with Crippen molar-refractivity contribution in [3.63, 3.8) is 0 Å². The van der Waals surface area contributed by atoms with E-state index in [1.54, 1.807) is 29.5 Å². The molecular weight excluding hydrogens is 390 g/mol. The number of imidazole rings is 1. The zero-order valence-electron chi connectivity index (χ0n) is 17.0. The second-order valence-corrected chi connectivity index (χ2v) is 7.35. The molecule has 152 valence electrons. The van der Waals surface area contributed by atoms with Crippen molar-refractivity contribution in [2.24, 2.45) is 12.8 Å². The number of aromatic nitrogens is 6. The quantitative estimate of drug-likeness (QED) is 0.490. The van der Waals surface area contributed by atoms with E-state index in [4.69, 9.17) is 10.7 Å². The summed E-state index contributed by atoms with van der Waals surface area (Å²) >= 11 is 0. The second-order valence-electron chi connectivity index (χ2n) is 7.35. The van der Waals surface area contributed by atoms with E-state index in [-0.39, 0.29) is 5.69 Å². The number of para-hydroxylation sites is 1. The average molecular weight is 409 g/mol. The summed E-state index contributed by atoms with van der Waals surface area (Å²) in [6.07, 6.45) is 9.14. The molecule has 1 amide bonds. The van der Waals surface area contributed by atoms with E-state index in [0.29, 0.717) is 0 Å². The fraction of sp³-hybridized carbons (Fsp3) is 0.0870. The molecule has 8 nitrogen and oxygen atoms in total. The maximum Gasteiger partial charge on any atom is 0.267 e. The predicted octanol–water partition coefficient (Wildman–Crippen LogP) is 3.29. The third kappa shape index (κ3) is 3.33. The Bertz CT molecular complexity index is 1430. The first-order valence-corrected chi connectivity index (χ1v) is 9.69. The van der Waals surface area contributed by atoms with Crippen LogP contribution in [0.4, 0.5) is 0 Å². The molecule has 0 saturated heterocycles. The largest absolute Gasteiger partial charge is 0.364 e. The summed E-state index contributed by atoms with van der Waals surface area (Å²) in [5.41, 5.74) is 11.9. The highest BCUT2D eigenvalue weighted by molar-refractivity contribution is 5.99. The van der Waals surface area contributed by atoms with E-state index in [9.17, 15) is 4.79 Å². The van der Waals surface area contributed by atoms with Gasteiger partial charge in [0, 0.05) is 47.8 Å². The van der Waals surface area contributed by atoms with Crippen LogP contribution < -0.4 is 5.73 Å². The smallest absolute Gasteiger partial charge is 0.267 e. The van der Waals surface area contributed by atoms with Crippen molar-refractivity contribution in [3.8, 4) is 28.1 Å². The number of benzene rings is 1. The van der Waals surface area contributed by atoms with Crippen molar-refractivity contribution in [1.29, 1.82) is 0 Å². The Balaban J connectivity index is 1.65. The highest BCUT2D eigenvalue weighted by Gasteiger charge is 2.13. The monoisotopic (exact) mass is 409 g/mol. The van der Waals surface area contributed by atoms with Gasteiger partial charge in [-0.25, -0.2) is 4.98 Å². The lowest BCUT2D eigenvalue weighted by atomic mass is 10.0. The molecule has 0 atom stereocenters. The third-order valence-corrected chi connectivity index (χ3v) is 5.13. The number of carbonyl (C=O) groups is 1. The highest BCUT2D eigenvalue weighted by Crippen LogP contribution is 2.32. The molecule has 1 aromatic carbocycles. The molecule has 4 heterocycles. The Morgan fingerprint density at radius 1 is 1.03 bits per heavy atom. The molecule has 0 aliphatic heterocycles. The van der Waals surface area contributed by atoms with E-state index < -0.39 is 5.91 Å². The minimum Gasteiger partial charge on any atom is -0.364 e. The lowest BCUT2D eigenvalue weighted by molar-refractivity contribution is 0.0995. The first-order chi connectivity index (χ1) is 15.0. The number of carbonyl (C=O) groups excluding carboxylic acids is 1. The highest BCUT2D eigenvalue weighted by atomic mass is 16.1. The molecule has 4 aromatic heterocycles. The molecule has 0 saturated carbocycles. The van der Waals surface area contributed by atoms with Crippen LogP contribution in [0.25, 0.3) is 39.0 Å². The predicted molar refractivity (Wildman–Crippen MR) is 118 cm³/mol. The summed E-state index contributed by atoms with van der Waals surface area (Å²) < 4.78 is 3.72. The van der Waals surface area contributed by atoms with E-state index >= 15 is 0 Å². The molecule has 5 rings (SSSR count). The Labute approximate surface area is 178 Å². The van der Waals surface area contributed by atoms with Crippen molar-refractivity contribution >= 4 is 16.8 Å². The van der Waals surface area contributed by atoms with Crippen LogP contribution in [0, 0.1) is 6.92 Å². The number of hydrogen-bond acceptors (Lipinski definition) is 5. The Kier molecular flexibility index (Phi) is 4.32. The Hall–Kier alpha value is -4.33. The van der Waals surface area contributed by atoms with Crippen LogP contribution >= 0.6 is 0 Å². The van der Waals surface area contributed by atoms with Gasteiger partial charge >= 0.3 is 0 Å². The molecular formula is C23H19N7O. The van der Waals surface area contributed by atoms with Crippen LogP contribution in [0.15, 0.2) is 67.5 Å². The molecule has 0 radical (unpaired) electrons. The van der Waals surface area contributed by atoms with E-state index in [1.807, 2.05) is 61.3 Å². The minimum atomic E-state index is -0.547. The summed E-state index contributed by atoms with van der Waals surface area (Å²) in [5, 5.41) is 5.20. The lowest BCUT2D eigenvalue weighted by Gasteiger charge is -2.12. The van der Waals surface area contributed by atoms with Crippen molar-refractivity contribution in [3.05, 3.63) is 78.9 Å². The second kappa shape index (κ2) is 7.17. The summed E-state index contributed by atoms with van der Waals surface area (Å²) in [5.74, 6) is -0.547. The van der Waals surface area contributed by atoms with Crippen molar-refractivity contribution in [2.75, 3.05) is 0 Å². The van der Waals surface area contributed by atoms with Gasteiger partial charge in [0.2, 0.25) is 0 Å². The third-order valence-electron chi connectivity index (χ3n) is 5.13. The van der Waals surface area contributed by atoms with Gasteiger partial charge in [-0.1, -0.05) is 18.2 Å². The Morgan fingerprint density at radius 2 is 1.90 bits per heavy atom. The van der Waals surface area contributed by atoms with Gasteiger partial charge in [-0.2, -0.15) is 5.10 Å². The molecule has 2 N–H and O–H groups in total. The maximum atomic E-state index is 11.4. The maximum absolute atomic E-state index is 11.4. The summed E-state index contributed by atoms with van der Waals surface area (Å²) in [4.78, 5) is 24.9. The van der Waals surface area contributed by atoms with E-state index in [1.165, 1.54) is 0 Å². The van der Waals surface area contributed by atoms with Gasteiger partial charge in [-0.05, 0) is 30.7 Å². The molecule has 0 spiro atoms. The standard InChI is InChI=1S/C23H19N7O/c1-14-8-18(15-6-7-19(23(24)31)25-9-15)17-4-3-5-21(22(17)28-14)30-12-20(26-13-30)16-10-27-29(2)11-16/h3-13H,1-2H3,(H2,24,31). The van der Waals surface area contributed by atoms with Gasteiger partial charge in [0.05, 0.1) is 29.4 Å². The van der Waals surface area contributed by atoms with E-state index in [2.05, 4.69) is 15.1 Å². The van der Waals surface area contributed by atoms with Gasteiger partial charge in [-0.15, -0.1) is 0 Å². The topological polar surface area (TPSA) is 105 Å². The molecule has 0 aliphatic carbocycles. The number of nitrogens with two attached hydrogens (primary N) is 1. The molecule has 31 heavy (non-hydrogen) atoms. The number of hydrogen-bond donors (Lipinski definition) is 1. The van der Waals surface area contributed by atoms with E-state index in [0.717, 1.165) is 44.7 Å². The first kappa shape index (κ1) is 18.7. The van der Waals surface area contributed by atoms with Gasteiger partial charge in [0.1, 0.15) is 5.69 Å². The van der Waals surface area contributed by atoms with Crippen molar-refractivity contribution in [2.45, 2.75) is 6.92 Å². The molecule has 0 fully saturated rings. The number of rotatable bonds is 4.